The fourth-order valence-electron chi connectivity index (χ4n) is 4.42. The molecular weight excluding hydrogens is 480 g/mol. The number of benzene rings is 1. The molecule has 1 aliphatic rings. The lowest BCUT2D eigenvalue weighted by Crippen LogP contribution is -2.48. The van der Waals surface area contributed by atoms with Crippen LogP contribution in [0.1, 0.15) is 18.1 Å². The molecule has 0 N–H and O–H groups in total. The standard InChI is InChI=1S/C29H26N6O3/c1-3-38-25-16-26(29-23(17-30)19-32-35(29)20-25)22-8-9-27(31-18-22)33-11-13-34(14-12-33)28(36)10-7-21-5-4-6-24(15-21)37-2/h4-6,8-9,15-16,18-20H,3,11-14H2,1-2H3. The summed E-state index contributed by atoms with van der Waals surface area (Å²) in [4.78, 5) is 21.2. The van der Waals surface area contributed by atoms with Crippen LogP contribution in [0.2, 0.25) is 0 Å². The van der Waals surface area contributed by atoms with Crippen molar-refractivity contribution in [2.75, 3.05) is 44.8 Å². The second-order valence-electron chi connectivity index (χ2n) is 8.65. The Balaban J connectivity index is 1.28. The number of carbonyl (C=O) groups is 1. The Kier molecular flexibility index (Phi) is 7.10. The van der Waals surface area contributed by atoms with Crippen LogP contribution in [-0.2, 0) is 4.79 Å². The summed E-state index contributed by atoms with van der Waals surface area (Å²) < 4.78 is 12.6. The molecule has 9 nitrogen and oxygen atoms in total. The Morgan fingerprint density at radius 1 is 1.08 bits per heavy atom. The quantitative estimate of drug-likeness (QED) is 0.383. The molecule has 0 bridgehead atoms. The minimum absolute atomic E-state index is 0.192. The maximum absolute atomic E-state index is 12.6. The first-order chi connectivity index (χ1) is 18.6. The van der Waals surface area contributed by atoms with Crippen LogP contribution in [-0.4, -0.2) is 65.3 Å². The van der Waals surface area contributed by atoms with Gasteiger partial charge in [-0.1, -0.05) is 12.0 Å². The van der Waals surface area contributed by atoms with Crippen molar-refractivity contribution in [1.82, 2.24) is 19.5 Å². The molecule has 1 fully saturated rings. The Hall–Kier alpha value is -5.02. The van der Waals surface area contributed by atoms with Crippen LogP contribution in [0.5, 0.6) is 11.5 Å². The molecule has 0 atom stereocenters. The highest BCUT2D eigenvalue weighted by molar-refractivity contribution is 5.94. The molecule has 3 aromatic heterocycles. The van der Waals surface area contributed by atoms with Gasteiger partial charge in [0, 0.05) is 55.0 Å². The van der Waals surface area contributed by atoms with Crippen molar-refractivity contribution < 1.29 is 14.3 Å². The van der Waals surface area contributed by atoms with E-state index in [1.165, 1.54) is 0 Å². The first-order valence-electron chi connectivity index (χ1n) is 12.3. The molecule has 38 heavy (non-hydrogen) atoms. The van der Waals surface area contributed by atoms with E-state index in [1.54, 1.807) is 41.2 Å². The van der Waals surface area contributed by atoms with Gasteiger partial charge in [0.1, 0.15) is 23.4 Å². The third kappa shape index (κ3) is 5.09. The molecule has 0 spiro atoms. The fourth-order valence-corrected chi connectivity index (χ4v) is 4.42. The molecule has 1 saturated heterocycles. The Morgan fingerprint density at radius 2 is 1.92 bits per heavy atom. The normalized spacial score (nSPS) is 13.0. The van der Waals surface area contributed by atoms with Crippen LogP contribution < -0.4 is 14.4 Å². The number of rotatable bonds is 5. The zero-order valence-electron chi connectivity index (χ0n) is 21.2. The van der Waals surface area contributed by atoms with Crippen LogP contribution in [0.15, 0.2) is 61.1 Å². The first kappa shape index (κ1) is 24.7. The van der Waals surface area contributed by atoms with Gasteiger partial charge >= 0.3 is 0 Å². The highest BCUT2D eigenvalue weighted by Crippen LogP contribution is 2.31. The van der Waals surface area contributed by atoms with E-state index in [0.717, 1.165) is 22.5 Å². The van der Waals surface area contributed by atoms with Gasteiger partial charge in [0.05, 0.1) is 37.2 Å². The molecule has 5 rings (SSSR count). The van der Waals surface area contributed by atoms with Crippen molar-refractivity contribution in [3.8, 4) is 40.5 Å². The van der Waals surface area contributed by atoms with Gasteiger partial charge in [-0.2, -0.15) is 10.4 Å². The van der Waals surface area contributed by atoms with Crippen molar-refractivity contribution >= 4 is 17.2 Å². The molecular formula is C29H26N6O3. The molecule has 0 aliphatic carbocycles. The monoisotopic (exact) mass is 506 g/mol. The Labute approximate surface area is 220 Å². The summed E-state index contributed by atoms with van der Waals surface area (Å²) in [7, 11) is 1.60. The van der Waals surface area contributed by atoms with Crippen molar-refractivity contribution in [3.63, 3.8) is 0 Å². The fraction of sp³-hybridized carbons (Fsp3) is 0.241. The van der Waals surface area contributed by atoms with Crippen LogP contribution in [0.3, 0.4) is 0 Å². The minimum atomic E-state index is -0.192. The molecule has 0 unspecified atom stereocenters. The van der Waals surface area contributed by atoms with Gasteiger partial charge in [-0.05, 0) is 43.3 Å². The van der Waals surface area contributed by atoms with Crippen molar-refractivity contribution in [2.24, 2.45) is 0 Å². The minimum Gasteiger partial charge on any atom is -0.497 e. The van der Waals surface area contributed by atoms with Crippen LogP contribution in [0.4, 0.5) is 5.82 Å². The third-order valence-corrected chi connectivity index (χ3v) is 6.35. The molecule has 190 valence electrons. The maximum Gasteiger partial charge on any atom is 0.298 e. The number of anilines is 1. The summed E-state index contributed by atoms with van der Waals surface area (Å²) in [6.45, 7) is 4.88. The van der Waals surface area contributed by atoms with Gasteiger partial charge in [-0.25, -0.2) is 9.50 Å². The second kappa shape index (κ2) is 10.9. The number of pyridine rings is 2. The van der Waals surface area contributed by atoms with E-state index in [0.29, 0.717) is 55.4 Å². The number of hydrogen-bond donors (Lipinski definition) is 0. The van der Waals surface area contributed by atoms with E-state index in [2.05, 4.69) is 27.9 Å². The number of nitrogens with zero attached hydrogens (tertiary/aromatic N) is 6. The SMILES string of the molecule is CCOc1cc(-c2ccc(N3CCN(C(=O)C#Cc4cccc(OC)c4)CC3)nc2)c2c(C#N)cnn2c1. The molecule has 1 amide bonds. The van der Waals surface area contributed by atoms with E-state index < -0.39 is 0 Å². The van der Waals surface area contributed by atoms with E-state index in [9.17, 15) is 10.1 Å². The molecule has 0 radical (unpaired) electrons. The number of carbonyl (C=O) groups excluding carboxylic acids is 1. The van der Waals surface area contributed by atoms with Crippen molar-refractivity contribution in [3.05, 3.63) is 72.2 Å². The average Bonchev–Trinajstić information content (AvgIpc) is 3.39. The van der Waals surface area contributed by atoms with Gasteiger partial charge in [-0.15, -0.1) is 0 Å². The lowest BCUT2D eigenvalue weighted by atomic mass is 10.1. The summed E-state index contributed by atoms with van der Waals surface area (Å²) >= 11 is 0. The number of aromatic nitrogens is 3. The summed E-state index contributed by atoms with van der Waals surface area (Å²) in [6.07, 6.45) is 5.12. The van der Waals surface area contributed by atoms with Crippen molar-refractivity contribution in [2.45, 2.75) is 6.92 Å². The second-order valence-corrected chi connectivity index (χ2v) is 8.65. The number of hydrogen-bond acceptors (Lipinski definition) is 7. The molecule has 4 aromatic rings. The predicted octanol–water partition coefficient (Wildman–Crippen LogP) is 3.38. The van der Waals surface area contributed by atoms with Gasteiger partial charge in [0.2, 0.25) is 0 Å². The highest BCUT2D eigenvalue weighted by atomic mass is 16.5. The van der Waals surface area contributed by atoms with Crippen molar-refractivity contribution in [1.29, 1.82) is 5.26 Å². The van der Waals surface area contributed by atoms with Gasteiger partial charge in [0.25, 0.3) is 5.91 Å². The van der Waals surface area contributed by atoms with Gasteiger partial charge in [-0.3, -0.25) is 4.79 Å². The van der Waals surface area contributed by atoms with Crippen LogP contribution in [0, 0.1) is 23.2 Å². The lowest BCUT2D eigenvalue weighted by molar-refractivity contribution is -0.125. The van der Waals surface area contributed by atoms with Gasteiger partial charge in [0.15, 0.2) is 0 Å². The van der Waals surface area contributed by atoms with E-state index in [-0.39, 0.29) is 5.91 Å². The summed E-state index contributed by atoms with van der Waals surface area (Å²) in [5.74, 6) is 7.68. The molecule has 0 saturated carbocycles. The molecule has 1 aromatic carbocycles. The van der Waals surface area contributed by atoms with Crippen LogP contribution in [0.25, 0.3) is 16.6 Å². The topological polar surface area (TPSA) is 96.0 Å². The number of fused-ring (bicyclic) bond motifs is 1. The first-order valence-corrected chi connectivity index (χ1v) is 12.3. The zero-order valence-corrected chi connectivity index (χ0v) is 21.2. The largest absolute Gasteiger partial charge is 0.497 e. The van der Waals surface area contributed by atoms with Crippen LogP contribution >= 0.6 is 0 Å². The number of methoxy groups -OCH3 is 1. The lowest BCUT2D eigenvalue weighted by Gasteiger charge is -2.34. The average molecular weight is 507 g/mol. The summed E-state index contributed by atoms with van der Waals surface area (Å²) in [5.41, 5.74) is 3.63. The number of amides is 1. The zero-order chi connectivity index (χ0) is 26.5. The molecule has 9 heteroatoms. The van der Waals surface area contributed by atoms with E-state index >= 15 is 0 Å². The summed E-state index contributed by atoms with van der Waals surface area (Å²) in [5, 5.41) is 13.9. The van der Waals surface area contributed by atoms with Gasteiger partial charge < -0.3 is 19.3 Å². The van der Waals surface area contributed by atoms with E-state index in [1.807, 2.05) is 43.3 Å². The van der Waals surface area contributed by atoms with E-state index in [4.69, 9.17) is 14.5 Å². The smallest absolute Gasteiger partial charge is 0.298 e. The Morgan fingerprint density at radius 3 is 2.63 bits per heavy atom. The predicted molar refractivity (Wildman–Crippen MR) is 143 cm³/mol. The summed E-state index contributed by atoms with van der Waals surface area (Å²) in [6, 6.07) is 15.4. The molecule has 1 aliphatic heterocycles. The Bertz CT molecular complexity index is 1570. The molecule has 4 heterocycles. The maximum atomic E-state index is 12.6. The number of piperazine rings is 1. The third-order valence-electron chi connectivity index (χ3n) is 6.35. The highest BCUT2D eigenvalue weighted by Gasteiger charge is 2.21. The number of nitriles is 1. The number of ether oxygens (including phenoxy) is 2.